The molecule has 0 bridgehead atoms. The van der Waals surface area contributed by atoms with E-state index in [4.69, 9.17) is 15.6 Å². The molecule has 190 valence electrons. The van der Waals surface area contributed by atoms with Crippen LogP contribution in [0.25, 0.3) is 0 Å². The van der Waals surface area contributed by atoms with E-state index in [0.717, 1.165) is 36.1 Å². The smallest absolute Gasteiger partial charge is 0.303 e. The molecule has 2 heterocycles. The minimum absolute atomic E-state index is 0.0500. The van der Waals surface area contributed by atoms with Crippen LogP contribution in [0, 0.1) is 12.8 Å². The van der Waals surface area contributed by atoms with Gasteiger partial charge in [0, 0.05) is 44.9 Å². The Morgan fingerprint density at radius 2 is 2.11 bits per heavy atom. The number of nitrogens with one attached hydrogen (secondary N) is 1. The van der Waals surface area contributed by atoms with Crippen molar-refractivity contribution < 1.29 is 24.2 Å². The predicted molar refractivity (Wildman–Crippen MR) is 129 cm³/mol. The molecule has 0 saturated carbocycles. The first-order valence-corrected chi connectivity index (χ1v) is 12.0. The molecule has 2 aromatic rings. The minimum atomic E-state index is -0.950. The van der Waals surface area contributed by atoms with Crippen molar-refractivity contribution >= 4 is 17.8 Å². The molecule has 35 heavy (non-hydrogen) atoms. The van der Waals surface area contributed by atoms with Crippen LogP contribution in [0.3, 0.4) is 0 Å². The number of nitrogens with two attached hydrogens (primary N) is 1. The van der Waals surface area contributed by atoms with Gasteiger partial charge in [-0.1, -0.05) is 6.07 Å². The van der Waals surface area contributed by atoms with Gasteiger partial charge in [-0.25, -0.2) is 0 Å². The van der Waals surface area contributed by atoms with Gasteiger partial charge in [-0.2, -0.15) is 5.10 Å². The average Bonchev–Trinajstić information content (AvgIpc) is 3.28. The van der Waals surface area contributed by atoms with E-state index in [1.165, 1.54) is 0 Å². The number of carbonyl (C=O) groups excluding carboxylic acids is 2. The standard InChI is InChI=1S/C25H35N5O5/c1-17-5-6-21(12-19(17)13-27-25(34)24(26)20-14-28-29(2)16-20)35-11-9-18-4-3-10-30(15-18)22(31)7-8-23(32)33/h5-6,12,14,16,18,24H,3-4,7-11,13,15,26H2,1-2H3,(H,27,34)(H,32,33). The highest BCUT2D eigenvalue weighted by Crippen LogP contribution is 2.22. The molecule has 1 aromatic heterocycles. The molecular weight excluding hydrogens is 450 g/mol. The van der Waals surface area contributed by atoms with Crippen LogP contribution < -0.4 is 15.8 Å². The van der Waals surface area contributed by atoms with Crippen LogP contribution in [0.4, 0.5) is 0 Å². The number of ether oxygens (including phenoxy) is 1. The molecule has 1 fully saturated rings. The van der Waals surface area contributed by atoms with Crippen molar-refractivity contribution in [2.75, 3.05) is 19.7 Å². The second-order valence-electron chi connectivity index (χ2n) is 9.11. The number of benzene rings is 1. The van der Waals surface area contributed by atoms with Crippen LogP contribution in [0.15, 0.2) is 30.6 Å². The molecule has 2 amide bonds. The lowest BCUT2D eigenvalue weighted by atomic mass is 9.95. The van der Waals surface area contributed by atoms with Gasteiger partial charge in [0.25, 0.3) is 0 Å². The normalized spacial score (nSPS) is 16.5. The van der Waals surface area contributed by atoms with Crippen LogP contribution >= 0.6 is 0 Å². The summed E-state index contributed by atoms with van der Waals surface area (Å²) in [5.41, 5.74) is 8.68. The van der Waals surface area contributed by atoms with E-state index in [2.05, 4.69) is 10.4 Å². The Bertz CT molecular complexity index is 1040. The van der Waals surface area contributed by atoms with Gasteiger partial charge < -0.3 is 25.8 Å². The number of likely N-dealkylation sites (tertiary alicyclic amines) is 1. The lowest BCUT2D eigenvalue weighted by Crippen LogP contribution is -2.40. The van der Waals surface area contributed by atoms with Crippen molar-refractivity contribution in [2.24, 2.45) is 18.7 Å². The number of aromatic nitrogens is 2. The van der Waals surface area contributed by atoms with Crippen molar-refractivity contribution in [3.8, 4) is 5.75 Å². The first-order valence-electron chi connectivity index (χ1n) is 12.0. The molecule has 10 heteroatoms. The van der Waals surface area contributed by atoms with E-state index in [1.807, 2.05) is 25.1 Å². The number of piperidine rings is 1. The molecule has 0 spiro atoms. The molecule has 2 unspecified atom stereocenters. The van der Waals surface area contributed by atoms with Gasteiger partial charge in [-0.3, -0.25) is 19.1 Å². The van der Waals surface area contributed by atoms with Gasteiger partial charge in [-0.15, -0.1) is 0 Å². The minimum Gasteiger partial charge on any atom is -0.494 e. The Balaban J connectivity index is 1.46. The zero-order chi connectivity index (χ0) is 25.4. The first-order chi connectivity index (χ1) is 16.7. The number of carboxylic acid groups (broad SMARTS) is 1. The van der Waals surface area contributed by atoms with Crippen molar-refractivity contribution in [1.82, 2.24) is 20.0 Å². The SMILES string of the molecule is Cc1ccc(OCCC2CCCN(C(=O)CCC(=O)O)C2)cc1CNC(=O)C(N)c1cnn(C)c1. The molecule has 0 radical (unpaired) electrons. The number of rotatable bonds is 11. The third-order valence-electron chi connectivity index (χ3n) is 6.36. The average molecular weight is 486 g/mol. The van der Waals surface area contributed by atoms with Gasteiger partial charge in [-0.05, 0) is 55.4 Å². The number of aryl methyl sites for hydroxylation is 2. The quantitative estimate of drug-likeness (QED) is 0.442. The maximum atomic E-state index is 12.5. The monoisotopic (exact) mass is 485 g/mol. The zero-order valence-electron chi connectivity index (χ0n) is 20.4. The van der Waals surface area contributed by atoms with Crippen molar-refractivity contribution in [3.63, 3.8) is 0 Å². The number of nitrogens with zero attached hydrogens (tertiary/aromatic N) is 3. The number of hydrogen-bond acceptors (Lipinski definition) is 6. The summed E-state index contributed by atoms with van der Waals surface area (Å²) in [7, 11) is 1.77. The molecule has 10 nitrogen and oxygen atoms in total. The van der Waals surface area contributed by atoms with Crippen LogP contribution in [-0.4, -0.2) is 57.3 Å². The van der Waals surface area contributed by atoms with Crippen LogP contribution in [-0.2, 0) is 28.0 Å². The highest BCUT2D eigenvalue weighted by atomic mass is 16.5. The topological polar surface area (TPSA) is 140 Å². The maximum absolute atomic E-state index is 12.5. The number of amides is 2. The summed E-state index contributed by atoms with van der Waals surface area (Å²) in [5, 5.41) is 15.7. The van der Waals surface area contributed by atoms with Crippen molar-refractivity contribution in [2.45, 2.75) is 51.6 Å². The van der Waals surface area contributed by atoms with Crippen molar-refractivity contribution in [1.29, 1.82) is 0 Å². The number of carboxylic acids is 1. The molecule has 3 rings (SSSR count). The number of aliphatic carboxylic acids is 1. The van der Waals surface area contributed by atoms with E-state index in [0.29, 0.717) is 37.7 Å². The van der Waals surface area contributed by atoms with E-state index in [1.54, 1.807) is 29.0 Å². The fourth-order valence-corrected chi connectivity index (χ4v) is 4.22. The Morgan fingerprint density at radius 1 is 1.31 bits per heavy atom. The van der Waals surface area contributed by atoms with E-state index in [-0.39, 0.29) is 24.7 Å². The fraction of sp³-hybridized carbons (Fsp3) is 0.520. The summed E-state index contributed by atoms with van der Waals surface area (Å²) < 4.78 is 7.58. The molecule has 1 aromatic carbocycles. The first kappa shape index (κ1) is 26.2. The van der Waals surface area contributed by atoms with Crippen LogP contribution in [0.5, 0.6) is 5.75 Å². The highest BCUT2D eigenvalue weighted by Gasteiger charge is 2.24. The lowest BCUT2D eigenvalue weighted by molar-refractivity contribution is -0.141. The highest BCUT2D eigenvalue weighted by molar-refractivity contribution is 5.82. The largest absolute Gasteiger partial charge is 0.494 e. The number of carbonyl (C=O) groups is 3. The van der Waals surface area contributed by atoms with E-state index < -0.39 is 12.0 Å². The van der Waals surface area contributed by atoms with Gasteiger partial charge >= 0.3 is 5.97 Å². The third kappa shape index (κ3) is 7.81. The predicted octanol–water partition coefficient (Wildman–Crippen LogP) is 1.92. The zero-order valence-corrected chi connectivity index (χ0v) is 20.4. The summed E-state index contributed by atoms with van der Waals surface area (Å²) in [6.45, 7) is 4.16. The van der Waals surface area contributed by atoms with E-state index >= 15 is 0 Å². The Kier molecular flexibility index (Phi) is 9.25. The van der Waals surface area contributed by atoms with E-state index in [9.17, 15) is 14.4 Å². The second-order valence-corrected chi connectivity index (χ2v) is 9.11. The molecule has 2 atom stereocenters. The van der Waals surface area contributed by atoms with Gasteiger partial charge in [0.05, 0.1) is 19.2 Å². The summed E-state index contributed by atoms with van der Waals surface area (Å²) in [6, 6.07) is 5.01. The molecule has 1 aliphatic heterocycles. The lowest BCUT2D eigenvalue weighted by Gasteiger charge is -2.32. The summed E-state index contributed by atoms with van der Waals surface area (Å²) >= 11 is 0. The van der Waals surface area contributed by atoms with Gasteiger partial charge in [0.2, 0.25) is 11.8 Å². The molecule has 4 N–H and O–H groups in total. The molecule has 1 saturated heterocycles. The summed E-state index contributed by atoms with van der Waals surface area (Å²) in [4.78, 5) is 37.2. The van der Waals surface area contributed by atoms with Crippen LogP contribution in [0.1, 0.15) is 54.8 Å². The summed E-state index contributed by atoms with van der Waals surface area (Å²) in [5.74, 6) is -0.263. The molecule has 1 aliphatic rings. The molecule has 0 aliphatic carbocycles. The fourth-order valence-electron chi connectivity index (χ4n) is 4.22. The van der Waals surface area contributed by atoms with Crippen molar-refractivity contribution in [3.05, 3.63) is 47.3 Å². The number of hydrogen-bond donors (Lipinski definition) is 3. The second kappa shape index (κ2) is 12.3. The Labute approximate surface area is 205 Å². The summed E-state index contributed by atoms with van der Waals surface area (Å²) in [6.07, 6.45) is 5.97. The Hall–Kier alpha value is -3.40. The maximum Gasteiger partial charge on any atom is 0.303 e. The van der Waals surface area contributed by atoms with Gasteiger partial charge in [0.1, 0.15) is 11.8 Å². The third-order valence-corrected chi connectivity index (χ3v) is 6.36. The van der Waals surface area contributed by atoms with Gasteiger partial charge in [0.15, 0.2) is 0 Å². The van der Waals surface area contributed by atoms with Crippen LogP contribution in [0.2, 0.25) is 0 Å². The molecular formula is C25H35N5O5. The Morgan fingerprint density at radius 3 is 2.83 bits per heavy atom.